The van der Waals surface area contributed by atoms with Gasteiger partial charge in [0.2, 0.25) is 0 Å². The summed E-state index contributed by atoms with van der Waals surface area (Å²) in [5.74, 6) is -0.378. The van der Waals surface area contributed by atoms with Gasteiger partial charge in [-0.05, 0) is 24.5 Å². The molecule has 1 nitrogen and oxygen atoms in total. The van der Waals surface area contributed by atoms with Crippen LogP contribution in [0.2, 0.25) is 5.02 Å². The molecule has 6 heteroatoms. The van der Waals surface area contributed by atoms with E-state index in [2.05, 4.69) is 4.74 Å². The zero-order valence-corrected chi connectivity index (χ0v) is 8.63. The van der Waals surface area contributed by atoms with E-state index in [1.54, 1.807) is 6.26 Å². The van der Waals surface area contributed by atoms with Gasteiger partial charge in [-0.25, -0.2) is 0 Å². The predicted molar refractivity (Wildman–Crippen MR) is 49.9 cm³/mol. The molecule has 1 aromatic rings. The van der Waals surface area contributed by atoms with Gasteiger partial charge in [0.25, 0.3) is 0 Å². The molecule has 0 bridgehead atoms. The average molecular weight is 243 g/mol. The number of halogens is 4. The van der Waals surface area contributed by atoms with Crippen LogP contribution in [0.3, 0.4) is 0 Å². The zero-order chi connectivity index (χ0) is 10.8. The van der Waals surface area contributed by atoms with Gasteiger partial charge in [-0.3, -0.25) is 0 Å². The van der Waals surface area contributed by atoms with Gasteiger partial charge in [-0.15, -0.1) is 24.9 Å². The molecule has 1 rings (SSSR count). The molecule has 0 aliphatic rings. The highest BCUT2D eigenvalue weighted by Gasteiger charge is 2.31. The largest absolute Gasteiger partial charge is 0.573 e. The van der Waals surface area contributed by atoms with Crippen molar-refractivity contribution >= 4 is 23.4 Å². The van der Waals surface area contributed by atoms with Gasteiger partial charge < -0.3 is 4.74 Å². The Balaban J connectivity index is 2.89. The summed E-state index contributed by atoms with van der Waals surface area (Å²) in [7, 11) is 0. The molecule has 0 atom stereocenters. The number of hydrogen-bond acceptors (Lipinski definition) is 2. The molecule has 0 saturated carbocycles. The van der Waals surface area contributed by atoms with Crippen LogP contribution in [0.25, 0.3) is 0 Å². The van der Waals surface area contributed by atoms with E-state index >= 15 is 0 Å². The van der Waals surface area contributed by atoms with Crippen molar-refractivity contribution in [2.75, 3.05) is 6.26 Å². The predicted octanol–water partition coefficient (Wildman–Crippen LogP) is 3.96. The summed E-state index contributed by atoms with van der Waals surface area (Å²) in [6.07, 6.45) is -2.90. The summed E-state index contributed by atoms with van der Waals surface area (Å²) in [4.78, 5) is 0.782. The Kier molecular flexibility index (Phi) is 3.55. The highest BCUT2D eigenvalue weighted by atomic mass is 35.5. The molecule has 1 aromatic carbocycles. The SMILES string of the molecule is CSc1ccc(OC(F)(F)F)c(Cl)c1. The lowest BCUT2D eigenvalue weighted by atomic mass is 10.3. The molecule has 0 aliphatic heterocycles. The first-order valence-electron chi connectivity index (χ1n) is 3.51. The molecule has 0 heterocycles. The summed E-state index contributed by atoms with van der Waals surface area (Å²) in [6.45, 7) is 0. The Labute approximate surface area is 88.2 Å². The Hall–Kier alpha value is -0.550. The van der Waals surface area contributed by atoms with Crippen LogP contribution in [0.4, 0.5) is 13.2 Å². The average Bonchev–Trinajstić information content (AvgIpc) is 2.06. The molecule has 0 radical (unpaired) electrons. The second-order valence-corrected chi connectivity index (χ2v) is 3.63. The molecule has 0 aromatic heterocycles. The quantitative estimate of drug-likeness (QED) is 0.726. The van der Waals surface area contributed by atoms with Crippen LogP contribution in [0.15, 0.2) is 23.1 Å². The Morgan fingerprint density at radius 3 is 2.43 bits per heavy atom. The van der Waals surface area contributed by atoms with E-state index in [9.17, 15) is 13.2 Å². The summed E-state index contributed by atoms with van der Waals surface area (Å²) >= 11 is 6.96. The van der Waals surface area contributed by atoms with Crippen molar-refractivity contribution < 1.29 is 17.9 Å². The van der Waals surface area contributed by atoms with Gasteiger partial charge >= 0.3 is 6.36 Å². The lowest BCUT2D eigenvalue weighted by Gasteiger charge is -2.10. The van der Waals surface area contributed by atoms with Crippen molar-refractivity contribution in [1.82, 2.24) is 0 Å². The fourth-order valence-corrected chi connectivity index (χ4v) is 1.54. The van der Waals surface area contributed by atoms with E-state index in [0.29, 0.717) is 0 Å². The van der Waals surface area contributed by atoms with E-state index in [-0.39, 0.29) is 10.8 Å². The second kappa shape index (κ2) is 4.31. The normalized spacial score (nSPS) is 11.5. The Morgan fingerprint density at radius 1 is 1.36 bits per heavy atom. The van der Waals surface area contributed by atoms with Crippen LogP contribution in [0, 0.1) is 0 Å². The third kappa shape index (κ3) is 3.31. The van der Waals surface area contributed by atoms with Crippen molar-refractivity contribution in [3.05, 3.63) is 23.2 Å². The van der Waals surface area contributed by atoms with Gasteiger partial charge in [0.05, 0.1) is 5.02 Å². The lowest BCUT2D eigenvalue weighted by Crippen LogP contribution is -2.17. The van der Waals surface area contributed by atoms with Gasteiger partial charge in [-0.2, -0.15) is 0 Å². The third-order valence-electron chi connectivity index (χ3n) is 1.36. The maximum absolute atomic E-state index is 11.8. The van der Waals surface area contributed by atoms with E-state index in [1.165, 1.54) is 30.0 Å². The first kappa shape index (κ1) is 11.5. The van der Waals surface area contributed by atoms with Crippen LogP contribution in [-0.4, -0.2) is 12.6 Å². The maximum Gasteiger partial charge on any atom is 0.573 e. The summed E-state index contributed by atoms with van der Waals surface area (Å²) in [5, 5.41) is -0.0471. The molecule has 0 saturated heterocycles. The fraction of sp³-hybridized carbons (Fsp3) is 0.250. The highest BCUT2D eigenvalue weighted by Crippen LogP contribution is 2.32. The molecule has 0 aliphatic carbocycles. The van der Waals surface area contributed by atoms with Gasteiger partial charge in [0.1, 0.15) is 5.75 Å². The standard InChI is InChI=1S/C8H6ClF3OS/c1-14-5-2-3-7(6(9)4-5)13-8(10,11)12/h2-4H,1H3. The first-order valence-corrected chi connectivity index (χ1v) is 5.12. The molecular weight excluding hydrogens is 237 g/mol. The van der Waals surface area contributed by atoms with Crippen LogP contribution in [-0.2, 0) is 0 Å². The topological polar surface area (TPSA) is 9.23 Å². The molecule has 0 unspecified atom stereocenters. The molecule has 0 fully saturated rings. The van der Waals surface area contributed by atoms with E-state index < -0.39 is 6.36 Å². The number of benzene rings is 1. The minimum atomic E-state index is -4.70. The van der Waals surface area contributed by atoms with Crippen LogP contribution in [0.1, 0.15) is 0 Å². The smallest absolute Gasteiger partial charge is 0.404 e. The molecule has 14 heavy (non-hydrogen) atoms. The second-order valence-electron chi connectivity index (χ2n) is 2.34. The molecule has 78 valence electrons. The lowest BCUT2D eigenvalue weighted by molar-refractivity contribution is -0.274. The summed E-state index contributed by atoms with van der Waals surface area (Å²) < 4.78 is 39.1. The first-order chi connectivity index (χ1) is 6.42. The zero-order valence-electron chi connectivity index (χ0n) is 7.06. The highest BCUT2D eigenvalue weighted by molar-refractivity contribution is 7.98. The van der Waals surface area contributed by atoms with Gasteiger partial charge in [-0.1, -0.05) is 11.6 Å². The number of ether oxygens (including phenoxy) is 1. The maximum atomic E-state index is 11.8. The van der Waals surface area contributed by atoms with Crippen molar-refractivity contribution in [3.63, 3.8) is 0 Å². The number of alkyl halides is 3. The molecule has 0 spiro atoms. The van der Waals surface area contributed by atoms with Crippen LogP contribution in [0.5, 0.6) is 5.75 Å². The summed E-state index contributed by atoms with van der Waals surface area (Å²) in [6, 6.07) is 4.13. The van der Waals surface area contributed by atoms with Gasteiger partial charge in [0, 0.05) is 4.90 Å². The van der Waals surface area contributed by atoms with E-state index in [1.807, 2.05) is 0 Å². The minimum Gasteiger partial charge on any atom is -0.404 e. The van der Waals surface area contributed by atoms with E-state index in [0.717, 1.165) is 4.90 Å². The minimum absolute atomic E-state index is 0.0471. The monoisotopic (exact) mass is 242 g/mol. The number of hydrogen-bond donors (Lipinski definition) is 0. The number of thioether (sulfide) groups is 1. The number of rotatable bonds is 2. The van der Waals surface area contributed by atoms with Crippen LogP contribution < -0.4 is 4.74 Å². The van der Waals surface area contributed by atoms with Crippen molar-refractivity contribution in [1.29, 1.82) is 0 Å². The molecule has 0 amide bonds. The molecule has 0 N–H and O–H groups in total. The molecular formula is C8H6ClF3OS. The van der Waals surface area contributed by atoms with Crippen molar-refractivity contribution in [2.24, 2.45) is 0 Å². The Bertz CT molecular complexity index is 327. The van der Waals surface area contributed by atoms with Gasteiger partial charge in [0.15, 0.2) is 0 Å². The van der Waals surface area contributed by atoms with Crippen LogP contribution >= 0.6 is 23.4 Å². The Morgan fingerprint density at radius 2 is 2.00 bits per heavy atom. The van der Waals surface area contributed by atoms with Crippen molar-refractivity contribution in [2.45, 2.75) is 11.3 Å². The fourth-order valence-electron chi connectivity index (χ4n) is 0.816. The van der Waals surface area contributed by atoms with Crippen molar-refractivity contribution in [3.8, 4) is 5.75 Å². The van der Waals surface area contributed by atoms with E-state index in [4.69, 9.17) is 11.6 Å². The summed E-state index contributed by atoms with van der Waals surface area (Å²) in [5.41, 5.74) is 0. The third-order valence-corrected chi connectivity index (χ3v) is 2.39.